The first kappa shape index (κ1) is 9.26. The van der Waals surface area contributed by atoms with E-state index in [4.69, 9.17) is 11.5 Å². The Balaban J connectivity index is 3.35. The van der Waals surface area contributed by atoms with Crippen LogP contribution in [0.5, 0.6) is 0 Å². The molecule has 0 fully saturated rings. The maximum absolute atomic E-state index is 9.13. The smallest absolute Gasteiger partial charge is 0.0730 e. The molecule has 0 unspecified atom stereocenters. The van der Waals surface area contributed by atoms with Crippen molar-refractivity contribution < 1.29 is 5.11 Å². The predicted octanol–water partition coefficient (Wildman–Crippen LogP) is 1.73. The van der Waals surface area contributed by atoms with E-state index < -0.39 is 0 Å². The number of aliphatic hydroxyl groups is 1. The molecule has 0 spiro atoms. The third-order valence-corrected chi connectivity index (χ3v) is 1.27. The molecular weight excluding hydrogens is 124 g/mol. The average molecular weight is 138 g/mol. The first-order valence-electron chi connectivity index (χ1n) is 3.62. The minimum absolute atomic E-state index is 0.351. The number of terminal acetylenes is 1. The first-order valence-corrected chi connectivity index (χ1v) is 3.62. The molecule has 0 aliphatic heterocycles. The fraction of sp³-hybridized carbons (Fsp3) is 0.556. The van der Waals surface area contributed by atoms with Crippen LogP contribution in [0.15, 0.2) is 12.2 Å². The summed E-state index contributed by atoms with van der Waals surface area (Å²) < 4.78 is 0. The van der Waals surface area contributed by atoms with Gasteiger partial charge in [0.1, 0.15) is 0 Å². The van der Waals surface area contributed by atoms with Gasteiger partial charge in [0.2, 0.25) is 0 Å². The van der Waals surface area contributed by atoms with Crippen LogP contribution in [0.25, 0.3) is 0 Å². The summed E-state index contributed by atoms with van der Waals surface area (Å²) in [7, 11) is 0. The minimum atomic E-state index is -0.351. The molecule has 0 aromatic heterocycles. The van der Waals surface area contributed by atoms with E-state index in [0.717, 1.165) is 19.3 Å². The van der Waals surface area contributed by atoms with Crippen LogP contribution in [0.4, 0.5) is 0 Å². The van der Waals surface area contributed by atoms with E-state index in [0.29, 0.717) is 0 Å². The van der Waals surface area contributed by atoms with E-state index in [1.165, 1.54) is 0 Å². The van der Waals surface area contributed by atoms with Gasteiger partial charge in [0, 0.05) is 0 Å². The molecule has 1 N–H and O–H groups in total. The predicted molar refractivity (Wildman–Crippen MR) is 43.5 cm³/mol. The molecule has 0 saturated carbocycles. The Hall–Kier alpha value is -0.740. The summed E-state index contributed by atoms with van der Waals surface area (Å²) in [5.41, 5.74) is 0. The highest BCUT2D eigenvalue weighted by atomic mass is 16.3. The number of aliphatic hydroxyl groups excluding tert-OH is 1. The molecule has 0 rings (SSSR count). The van der Waals surface area contributed by atoms with Crippen molar-refractivity contribution in [2.45, 2.75) is 32.3 Å². The highest BCUT2D eigenvalue weighted by molar-refractivity contribution is 5.10. The number of allylic oxidation sites excluding steroid dienone is 1. The van der Waals surface area contributed by atoms with E-state index in [1.54, 1.807) is 12.2 Å². The third kappa shape index (κ3) is 5.40. The Labute approximate surface area is 62.8 Å². The lowest BCUT2D eigenvalue weighted by Crippen LogP contribution is -2.00. The van der Waals surface area contributed by atoms with Crippen LogP contribution in [0.2, 0.25) is 0 Å². The molecule has 56 valence electrons. The zero-order valence-electron chi connectivity index (χ0n) is 6.38. The lowest BCUT2D eigenvalue weighted by molar-refractivity contribution is 0.209. The van der Waals surface area contributed by atoms with Crippen molar-refractivity contribution in [1.29, 1.82) is 0 Å². The highest BCUT2D eigenvalue weighted by Gasteiger charge is 1.95. The van der Waals surface area contributed by atoms with E-state index in [1.807, 2.05) is 0 Å². The third-order valence-electron chi connectivity index (χ3n) is 1.27. The Morgan fingerprint density at radius 3 is 2.90 bits per heavy atom. The Morgan fingerprint density at radius 1 is 1.70 bits per heavy atom. The van der Waals surface area contributed by atoms with E-state index in [-0.39, 0.29) is 6.10 Å². The van der Waals surface area contributed by atoms with Crippen molar-refractivity contribution in [3.8, 4) is 12.3 Å². The molecule has 0 aliphatic rings. The van der Waals surface area contributed by atoms with Gasteiger partial charge in [-0.2, -0.15) is 0 Å². The normalized spacial score (nSPS) is 13.3. The van der Waals surface area contributed by atoms with Gasteiger partial charge in [-0.15, -0.1) is 6.42 Å². The largest absolute Gasteiger partial charge is 0.389 e. The van der Waals surface area contributed by atoms with Gasteiger partial charge >= 0.3 is 0 Å². The van der Waals surface area contributed by atoms with Crippen molar-refractivity contribution in [3.63, 3.8) is 0 Å². The summed E-state index contributed by atoms with van der Waals surface area (Å²) in [6.07, 6.45) is 10.8. The second kappa shape index (κ2) is 6.38. The molecule has 0 bridgehead atoms. The molecule has 0 saturated heterocycles. The van der Waals surface area contributed by atoms with Crippen molar-refractivity contribution in [2.75, 3.05) is 0 Å². The average Bonchev–Trinajstić information content (AvgIpc) is 1.97. The number of hydrogen-bond donors (Lipinski definition) is 1. The van der Waals surface area contributed by atoms with Crippen LogP contribution in [0, 0.1) is 12.3 Å². The fourth-order valence-corrected chi connectivity index (χ4v) is 0.676. The van der Waals surface area contributed by atoms with Crippen LogP contribution in [0.3, 0.4) is 0 Å². The quantitative estimate of drug-likeness (QED) is 0.586. The minimum Gasteiger partial charge on any atom is -0.389 e. The summed E-state index contributed by atoms with van der Waals surface area (Å²) in [6, 6.07) is 0. The molecular formula is C9H14O. The number of unbranched alkanes of at least 4 members (excludes halogenated alkanes) is 1. The lowest BCUT2D eigenvalue weighted by Gasteiger charge is -2.01. The lowest BCUT2D eigenvalue weighted by atomic mass is 10.1. The van der Waals surface area contributed by atoms with E-state index in [2.05, 4.69) is 12.8 Å². The van der Waals surface area contributed by atoms with Gasteiger partial charge in [0.25, 0.3) is 0 Å². The van der Waals surface area contributed by atoms with E-state index >= 15 is 0 Å². The van der Waals surface area contributed by atoms with Gasteiger partial charge in [-0.3, -0.25) is 0 Å². The Bertz CT molecular complexity index is 130. The van der Waals surface area contributed by atoms with Gasteiger partial charge in [-0.05, 0) is 18.6 Å². The second-order valence-electron chi connectivity index (χ2n) is 2.24. The molecule has 1 atom stereocenters. The maximum Gasteiger partial charge on any atom is 0.0730 e. The molecule has 0 radical (unpaired) electrons. The molecule has 0 aliphatic carbocycles. The monoisotopic (exact) mass is 138 g/mol. The standard InChI is InChI=1S/C9H14O/c1-3-5-7-9(10)8-6-4-2/h1,5,7,9-10H,4,6,8H2,2H3/b7-5+/t9-/m1/s1. The summed E-state index contributed by atoms with van der Waals surface area (Å²) >= 11 is 0. The molecule has 1 heteroatoms. The number of rotatable bonds is 4. The van der Waals surface area contributed by atoms with Crippen molar-refractivity contribution in [2.24, 2.45) is 0 Å². The topological polar surface area (TPSA) is 20.2 Å². The maximum atomic E-state index is 9.13. The van der Waals surface area contributed by atoms with Crippen molar-refractivity contribution in [1.82, 2.24) is 0 Å². The van der Waals surface area contributed by atoms with Gasteiger partial charge in [0.15, 0.2) is 0 Å². The fourth-order valence-electron chi connectivity index (χ4n) is 0.676. The van der Waals surface area contributed by atoms with Gasteiger partial charge < -0.3 is 5.11 Å². The summed E-state index contributed by atoms with van der Waals surface area (Å²) in [5.74, 6) is 2.33. The Kier molecular flexibility index (Phi) is 5.91. The van der Waals surface area contributed by atoms with Crippen molar-refractivity contribution in [3.05, 3.63) is 12.2 Å². The van der Waals surface area contributed by atoms with Crippen LogP contribution in [-0.4, -0.2) is 11.2 Å². The zero-order valence-corrected chi connectivity index (χ0v) is 6.38. The van der Waals surface area contributed by atoms with Crippen LogP contribution >= 0.6 is 0 Å². The van der Waals surface area contributed by atoms with Crippen LogP contribution < -0.4 is 0 Å². The van der Waals surface area contributed by atoms with Crippen molar-refractivity contribution >= 4 is 0 Å². The molecule has 0 aromatic carbocycles. The molecule has 1 nitrogen and oxygen atoms in total. The molecule has 0 amide bonds. The van der Waals surface area contributed by atoms with Crippen LogP contribution in [-0.2, 0) is 0 Å². The summed E-state index contributed by atoms with van der Waals surface area (Å²) in [5, 5.41) is 9.13. The van der Waals surface area contributed by atoms with E-state index in [9.17, 15) is 0 Å². The molecule has 0 heterocycles. The highest BCUT2D eigenvalue weighted by Crippen LogP contribution is 2.00. The number of hydrogen-bond acceptors (Lipinski definition) is 1. The van der Waals surface area contributed by atoms with Crippen LogP contribution in [0.1, 0.15) is 26.2 Å². The van der Waals surface area contributed by atoms with Gasteiger partial charge in [-0.25, -0.2) is 0 Å². The molecule has 10 heavy (non-hydrogen) atoms. The Morgan fingerprint density at radius 2 is 2.40 bits per heavy atom. The second-order valence-corrected chi connectivity index (χ2v) is 2.24. The van der Waals surface area contributed by atoms with Gasteiger partial charge in [0.05, 0.1) is 6.10 Å². The molecule has 0 aromatic rings. The SMILES string of the molecule is C#C/C=C/[C@@H](O)CCCC. The first-order chi connectivity index (χ1) is 4.81. The van der Waals surface area contributed by atoms with Gasteiger partial charge in [-0.1, -0.05) is 25.7 Å². The summed E-state index contributed by atoms with van der Waals surface area (Å²) in [4.78, 5) is 0. The zero-order chi connectivity index (χ0) is 7.82. The summed E-state index contributed by atoms with van der Waals surface area (Å²) in [6.45, 7) is 2.09.